The number of alkyl halides is 1. The molecule has 610 valence electrons. The minimum atomic E-state index is -0.180. The summed E-state index contributed by atoms with van der Waals surface area (Å²) >= 11 is 2.94. The largest absolute Gasteiger partial charge is 0.323 e. The number of hydrogen-bond donors (Lipinski definition) is 1. The van der Waals surface area contributed by atoms with Gasteiger partial charge >= 0.3 is 0 Å². The number of nitrogens with one attached hydrogen (secondary N) is 1. The van der Waals surface area contributed by atoms with Crippen LogP contribution in [0.1, 0.15) is 262 Å². The number of nitrogens with zero attached hydrogens (tertiary/aromatic N) is 1. The Labute approximate surface area is 703 Å². The zero-order valence-electron chi connectivity index (χ0n) is 75.0. The summed E-state index contributed by atoms with van der Waals surface area (Å²) in [5.74, 6) is 1.81. The van der Waals surface area contributed by atoms with Crippen LogP contribution in [0.4, 0.5) is 0 Å². The van der Waals surface area contributed by atoms with Gasteiger partial charge in [0.05, 0.1) is 10.8 Å². The van der Waals surface area contributed by atoms with Crippen LogP contribution in [0.3, 0.4) is 0 Å². The Morgan fingerprint density at radius 2 is 0.257 bits per heavy atom. The molecule has 1 N–H and O–H groups in total. The van der Waals surface area contributed by atoms with E-state index in [-0.39, 0.29) is 36.5 Å². The van der Waals surface area contributed by atoms with Gasteiger partial charge in [0.1, 0.15) is 0 Å². The Bertz CT molecular complexity index is 3780. The highest BCUT2D eigenvalue weighted by molar-refractivity contribution is 9.08. The monoisotopic (exact) mass is 1580 g/mol. The first-order chi connectivity index (χ1) is 54.4. The fourth-order valence-corrected chi connectivity index (χ4v) is 15.4. The standard InChI is InChI=1S/2C25H16.2C15H14.C3H9N.C2H7N.11C2H6.CH3Br.2CH4/c2*1-5-13-21-17(9-1)18-10-2-6-14-22(18)25(21)23-15-7-3-11-19(23)20-12-4-8-16-24(20)25;2*1-15(2)13-9-5-3-7-11(13)12-8-4-6-10-14(12)15;1-4(2)3;1-3-2;12*1-2;;/h2*1-16H;2*3-10H,1-2H3;1-3H3;3H,1-2H3;11*1-2H3;1H3;2*1H4. The van der Waals surface area contributed by atoms with Crippen LogP contribution < -0.4 is 5.32 Å². The normalized spacial score (nSPS) is 11.8. The Kier molecular flexibility index (Phi) is 52.1. The molecule has 0 saturated heterocycles. The van der Waals surface area contributed by atoms with Crippen LogP contribution in [0.2, 0.25) is 0 Å². The summed E-state index contributed by atoms with van der Waals surface area (Å²) in [6.07, 6.45) is 0. The lowest BCUT2D eigenvalue weighted by Crippen LogP contribution is -2.25. The van der Waals surface area contributed by atoms with E-state index in [2.05, 4.69) is 340 Å². The van der Waals surface area contributed by atoms with Gasteiger partial charge in [-0.05, 0) is 175 Å². The zero-order chi connectivity index (χ0) is 84.1. The van der Waals surface area contributed by atoms with E-state index >= 15 is 0 Å². The first-order valence-electron chi connectivity index (χ1n) is 42.1. The lowest BCUT2D eigenvalue weighted by atomic mass is 9.70. The maximum absolute atomic E-state index is 2.94. The molecule has 0 aliphatic heterocycles. The third-order valence-corrected chi connectivity index (χ3v) is 18.8. The molecule has 12 aromatic carbocycles. The summed E-state index contributed by atoms with van der Waals surface area (Å²) in [6.45, 7) is 53.2. The number of hydrogen-bond acceptors (Lipinski definition) is 2. The Morgan fingerprint density at radius 1 is 0.186 bits per heavy atom. The average molecular weight is 1580 g/mol. The minimum absolute atomic E-state index is 0. The van der Waals surface area contributed by atoms with E-state index in [1.165, 1.54) is 134 Å². The van der Waals surface area contributed by atoms with Crippen molar-refractivity contribution in [1.29, 1.82) is 0 Å². The molecule has 0 heterocycles. The van der Waals surface area contributed by atoms with Crippen molar-refractivity contribution >= 4 is 15.9 Å². The maximum atomic E-state index is 2.94. The number of fused-ring (bicyclic) bond motifs is 26. The quantitative estimate of drug-likeness (QED) is 0.152. The molecule has 0 atom stereocenters. The third-order valence-electron chi connectivity index (χ3n) is 18.8. The van der Waals surface area contributed by atoms with Gasteiger partial charge in [-0.15, -0.1) is 0 Å². The van der Waals surface area contributed by atoms with Crippen molar-refractivity contribution in [1.82, 2.24) is 10.2 Å². The fraction of sp³-hybridized carbons (Fsp3) is 0.345. The topological polar surface area (TPSA) is 15.3 Å². The first kappa shape index (κ1) is 106. The van der Waals surface area contributed by atoms with Crippen molar-refractivity contribution < 1.29 is 0 Å². The summed E-state index contributed by atoms with van der Waals surface area (Å²) in [5, 5.41) is 2.75. The van der Waals surface area contributed by atoms with Crippen LogP contribution in [0.15, 0.2) is 291 Å². The molecule has 2 nitrogen and oxygen atoms in total. The zero-order valence-corrected chi connectivity index (χ0v) is 76.6. The number of benzene rings is 12. The summed E-state index contributed by atoms with van der Waals surface area (Å²) < 4.78 is 0. The van der Waals surface area contributed by atoms with E-state index in [9.17, 15) is 0 Å². The molecule has 0 radical (unpaired) electrons. The van der Waals surface area contributed by atoms with Gasteiger partial charge < -0.3 is 10.2 Å². The Balaban J connectivity index is 0. The maximum Gasteiger partial charge on any atom is 0.0725 e. The van der Waals surface area contributed by atoms with Crippen LogP contribution in [-0.4, -0.2) is 46.0 Å². The SMILES string of the molecule is C.C.CBr.CC.CC.CC.CC.CC.CC.CC.CC.CC.CC.CC.CC1(C)c2ccccc2-c2ccccc21.CC1(C)c2ccccc2-c2ccccc21.CN(C)C.CNC.c1ccc2c(c1)-c1ccccc1C21c2ccccc2-c2ccccc21.c1ccc2c(c1)-c1ccccc1C21c2ccccc2-c2ccccc21. The van der Waals surface area contributed by atoms with Gasteiger partial charge in [0, 0.05) is 10.8 Å². The van der Waals surface area contributed by atoms with E-state index < -0.39 is 0 Å². The highest BCUT2D eigenvalue weighted by atomic mass is 79.9. The Morgan fingerprint density at radius 3 is 0.354 bits per heavy atom. The van der Waals surface area contributed by atoms with E-state index in [0.29, 0.717) is 0 Å². The summed E-state index contributed by atoms with van der Waals surface area (Å²) in [6, 6.07) is 106. The molecule has 0 amide bonds. The summed E-state index contributed by atoms with van der Waals surface area (Å²) in [4.78, 5) is 2.00. The second-order valence-corrected chi connectivity index (χ2v) is 25.1. The van der Waals surface area contributed by atoms with Gasteiger partial charge in [-0.2, -0.15) is 0 Å². The first-order valence-corrected chi connectivity index (χ1v) is 43.7. The van der Waals surface area contributed by atoms with E-state index in [4.69, 9.17) is 0 Å². The van der Waals surface area contributed by atoms with Gasteiger partial charge in [0.25, 0.3) is 0 Å². The van der Waals surface area contributed by atoms with E-state index in [1.807, 2.05) is 198 Å². The molecule has 12 aromatic rings. The molecule has 6 aliphatic rings. The average Bonchev–Trinajstić information content (AvgIpc) is 1.52. The van der Waals surface area contributed by atoms with Crippen LogP contribution in [-0.2, 0) is 21.7 Å². The molecule has 18 rings (SSSR count). The van der Waals surface area contributed by atoms with Crippen LogP contribution >= 0.6 is 15.9 Å². The highest BCUT2D eigenvalue weighted by Crippen LogP contribution is 2.64. The lowest BCUT2D eigenvalue weighted by Gasteiger charge is -2.30. The van der Waals surface area contributed by atoms with Crippen molar-refractivity contribution in [2.45, 2.75) is 217 Å². The number of halogens is 1. The van der Waals surface area contributed by atoms with Gasteiger partial charge in [0.2, 0.25) is 0 Å². The predicted molar refractivity (Wildman–Crippen MR) is 521 cm³/mol. The fourth-order valence-electron chi connectivity index (χ4n) is 15.4. The molecule has 2 spiro atoms. The van der Waals surface area contributed by atoms with Gasteiger partial charge in [-0.3, -0.25) is 0 Å². The molecule has 0 saturated carbocycles. The summed E-state index contributed by atoms with van der Waals surface area (Å²) in [5.41, 5.74) is 33.6. The predicted octanol–water partition coefficient (Wildman–Crippen LogP) is 33.6. The van der Waals surface area contributed by atoms with Crippen LogP contribution in [0, 0.1) is 0 Å². The van der Waals surface area contributed by atoms with Crippen molar-refractivity contribution in [2.75, 3.05) is 41.1 Å². The van der Waals surface area contributed by atoms with Crippen molar-refractivity contribution in [3.8, 4) is 66.8 Å². The van der Waals surface area contributed by atoms with Gasteiger partial charge in [-0.1, -0.05) is 502 Å². The minimum Gasteiger partial charge on any atom is -0.323 e. The van der Waals surface area contributed by atoms with E-state index in [1.54, 1.807) is 0 Å². The molecule has 0 bridgehead atoms. The molecule has 0 aromatic heterocycles. The summed E-state index contributed by atoms with van der Waals surface area (Å²) in [7, 11) is 9.75. The third kappa shape index (κ3) is 21.9. The van der Waals surface area contributed by atoms with Crippen molar-refractivity contribution in [3.05, 3.63) is 358 Å². The van der Waals surface area contributed by atoms with Crippen LogP contribution in [0.25, 0.3) is 66.8 Å². The van der Waals surface area contributed by atoms with Gasteiger partial charge in [-0.25, -0.2) is 0 Å². The Hall–Kier alpha value is -8.96. The highest BCUT2D eigenvalue weighted by Gasteiger charge is 2.53. The molecule has 113 heavy (non-hydrogen) atoms. The molecular formula is C110H153BrN2. The van der Waals surface area contributed by atoms with Crippen LogP contribution in [0.5, 0.6) is 0 Å². The smallest absolute Gasteiger partial charge is 0.0725 e. The second kappa shape index (κ2) is 55.5. The molecule has 0 unspecified atom stereocenters. The van der Waals surface area contributed by atoms with Crippen molar-refractivity contribution in [3.63, 3.8) is 0 Å². The molecule has 0 fully saturated rings. The lowest BCUT2D eigenvalue weighted by molar-refractivity contribution is 0.505. The molecule has 3 heteroatoms. The van der Waals surface area contributed by atoms with Crippen molar-refractivity contribution in [2.24, 2.45) is 0 Å². The van der Waals surface area contributed by atoms with E-state index in [0.717, 1.165) is 0 Å². The molecule has 6 aliphatic carbocycles. The van der Waals surface area contributed by atoms with Gasteiger partial charge in [0.15, 0.2) is 0 Å². The second-order valence-electron chi connectivity index (χ2n) is 25.1. The number of rotatable bonds is 0. The molecular weight excluding hydrogens is 1430 g/mol.